The van der Waals surface area contributed by atoms with Gasteiger partial charge in [0.05, 0.1) is 5.41 Å². The molecule has 0 amide bonds. The summed E-state index contributed by atoms with van der Waals surface area (Å²) in [5.41, 5.74) is 17.9. The van der Waals surface area contributed by atoms with Gasteiger partial charge in [-0.05, 0) is 156 Å². The molecule has 290 valence electrons. The molecule has 0 aliphatic heterocycles. The standard InChI is InChI=1S/C63H38/c1-2-15-43-35-44(30-27-39(43)13-1)40-25-28-42(29-26-40)60-51-19-5-7-21-53(51)61(54-22-8-6-20-52(54)60)46-32-31-45-37-55-59(38-47(45)36-46)63(58-34-33-41-14-3-4-16-48(41)62(55)58)56-23-11-9-17-49(56)50-18-10-12-24-57(50)63/h1-38H. The third kappa shape index (κ3) is 4.75. The normalized spacial score (nSPS) is 13.2. The van der Waals surface area contributed by atoms with Gasteiger partial charge in [0.25, 0.3) is 0 Å². The molecule has 2 aliphatic carbocycles. The van der Waals surface area contributed by atoms with Crippen molar-refractivity contribution in [1.82, 2.24) is 0 Å². The molecule has 0 heteroatoms. The number of rotatable bonds is 3. The molecular weight excluding hydrogens is 757 g/mol. The van der Waals surface area contributed by atoms with Crippen LogP contribution in [0.25, 0.3) is 109 Å². The van der Waals surface area contributed by atoms with E-state index in [4.69, 9.17) is 0 Å². The predicted octanol–water partition coefficient (Wildman–Crippen LogP) is 16.8. The first-order valence-electron chi connectivity index (χ1n) is 22.1. The van der Waals surface area contributed by atoms with Crippen molar-refractivity contribution in [2.24, 2.45) is 0 Å². The first-order chi connectivity index (χ1) is 31.2. The van der Waals surface area contributed by atoms with Gasteiger partial charge in [-0.15, -0.1) is 0 Å². The lowest BCUT2D eigenvalue weighted by Crippen LogP contribution is -2.25. The summed E-state index contributed by atoms with van der Waals surface area (Å²) in [5, 5.41) is 12.7. The fourth-order valence-electron chi connectivity index (χ4n) is 11.8. The molecule has 12 aromatic carbocycles. The van der Waals surface area contributed by atoms with Gasteiger partial charge in [-0.3, -0.25) is 0 Å². The zero-order valence-corrected chi connectivity index (χ0v) is 34.4. The Bertz CT molecular complexity index is 3800. The monoisotopic (exact) mass is 794 g/mol. The summed E-state index contributed by atoms with van der Waals surface area (Å²) in [5.74, 6) is 0. The van der Waals surface area contributed by atoms with Crippen LogP contribution >= 0.6 is 0 Å². The molecule has 2 aliphatic rings. The first-order valence-corrected chi connectivity index (χ1v) is 22.1. The van der Waals surface area contributed by atoms with Crippen LogP contribution in [0.5, 0.6) is 0 Å². The molecule has 0 saturated heterocycles. The van der Waals surface area contributed by atoms with Gasteiger partial charge in [-0.25, -0.2) is 0 Å². The average molecular weight is 795 g/mol. The highest BCUT2D eigenvalue weighted by molar-refractivity contribution is 6.22. The van der Waals surface area contributed by atoms with Crippen LogP contribution in [0.1, 0.15) is 22.3 Å². The summed E-state index contributed by atoms with van der Waals surface area (Å²) in [7, 11) is 0. The molecular formula is C63H38. The van der Waals surface area contributed by atoms with E-state index in [2.05, 4.69) is 231 Å². The lowest BCUT2D eigenvalue weighted by molar-refractivity contribution is 0.795. The van der Waals surface area contributed by atoms with Gasteiger partial charge < -0.3 is 0 Å². The van der Waals surface area contributed by atoms with Crippen molar-refractivity contribution in [3.05, 3.63) is 253 Å². The summed E-state index contributed by atoms with van der Waals surface area (Å²) in [6, 6.07) is 86.7. The molecule has 0 N–H and O–H groups in total. The van der Waals surface area contributed by atoms with Gasteiger partial charge in [-0.2, -0.15) is 0 Å². The first kappa shape index (κ1) is 34.6. The fraction of sp³-hybridized carbons (Fsp3) is 0.0159. The maximum absolute atomic E-state index is 2.54. The zero-order valence-electron chi connectivity index (χ0n) is 34.4. The van der Waals surface area contributed by atoms with Crippen LogP contribution in [-0.4, -0.2) is 0 Å². The molecule has 0 radical (unpaired) electrons. The number of fused-ring (bicyclic) bond motifs is 16. The van der Waals surface area contributed by atoms with Crippen LogP contribution in [0.4, 0.5) is 0 Å². The van der Waals surface area contributed by atoms with Gasteiger partial charge in [0, 0.05) is 0 Å². The molecule has 12 aromatic rings. The SMILES string of the molecule is c1ccc2c(c1)-c1ccccc1C21c2cc3cc(-c4c5ccccc5c(-c5ccc(-c6ccc7ccccc7c6)cc5)c5ccccc45)ccc3cc2-c2c1ccc1ccccc21. The Morgan fingerprint density at radius 2 is 0.667 bits per heavy atom. The van der Waals surface area contributed by atoms with Gasteiger partial charge in [-0.1, -0.05) is 206 Å². The maximum Gasteiger partial charge on any atom is 0.0725 e. The predicted molar refractivity (Wildman–Crippen MR) is 267 cm³/mol. The Morgan fingerprint density at radius 3 is 1.35 bits per heavy atom. The molecule has 1 spiro atoms. The summed E-state index contributed by atoms with van der Waals surface area (Å²) >= 11 is 0. The Kier molecular flexibility index (Phi) is 7.13. The van der Waals surface area contributed by atoms with Gasteiger partial charge in [0.2, 0.25) is 0 Å². The molecule has 0 aromatic heterocycles. The molecule has 0 bridgehead atoms. The molecule has 0 nitrogen and oxygen atoms in total. The van der Waals surface area contributed by atoms with Gasteiger partial charge >= 0.3 is 0 Å². The minimum atomic E-state index is -0.420. The van der Waals surface area contributed by atoms with Crippen LogP contribution < -0.4 is 0 Å². The van der Waals surface area contributed by atoms with Crippen LogP contribution in [0.2, 0.25) is 0 Å². The van der Waals surface area contributed by atoms with Crippen LogP contribution in [0.15, 0.2) is 231 Å². The number of hydrogen-bond acceptors (Lipinski definition) is 0. The molecule has 0 atom stereocenters. The molecule has 63 heavy (non-hydrogen) atoms. The second-order valence-electron chi connectivity index (χ2n) is 17.5. The van der Waals surface area contributed by atoms with E-state index in [9.17, 15) is 0 Å². The van der Waals surface area contributed by atoms with E-state index in [0.29, 0.717) is 0 Å². The number of hydrogen-bond donors (Lipinski definition) is 0. The smallest absolute Gasteiger partial charge is 0.0619 e. The van der Waals surface area contributed by atoms with Crippen molar-refractivity contribution in [1.29, 1.82) is 0 Å². The third-order valence-corrected chi connectivity index (χ3v) is 14.4. The number of benzene rings is 12. The second kappa shape index (κ2) is 13.0. The molecule has 0 saturated carbocycles. The highest BCUT2D eigenvalue weighted by Crippen LogP contribution is 2.64. The van der Waals surface area contributed by atoms with E-state index < -0.39 is 5.41 Å². The minimum absolute atomic E-state index is 0.420. The van der Waals surface area contributed by atoms with Crippen molar-refractivity contribution < 1.29 is 0 Å². The molecule has 0 unspecified atom stereocenters. The highest BCUT2D eigenvalue weighted by Gasteiger charge is 2.52. The molecule has 0 heterocycles. The minimum Gasteiger partial charge on any atom is -0.0619 e. The third-order valence-electron chi connectivity index (χ3n) is 14.4. The van der Waals surface area contributed by atoms with Gasteiger partial charge in [0.15, 0.2) is 0 Å². The van der Waals surface area contributed by atoms with Crippen LogP contribution in [-0.2, 0) is 5.41 Å². The Balaban J connectivity index is 0.982. The zero-order chi connectivity index (χ0) is 41.2. The van der Waals surface area contributed by atoms with Crippen LogP contribution in [0, 0.1) is 0 Å². The van der Waals surface area contributed by atoms with Crippen molar-refractivity contribution >= 4 is 53.9 Å². The van der Waals surface area contributed by atoms with Crippen molar-refractivity contribution in [3.63, 3.8) is 0 Å². The fourth-order valence-corrected chi connectivity index (χ4v) is 11.8. The highest BCUT2D eigenvalue weighted by atomic mass is 14.5. The largest absolute Gasteiger partial charge is 0.0725 e. The lowest BCUT2D eigenvalue weighted by atomic mass is 9.70. The summed E-state index contributed by atoms with van der Waals surface area (Å²) in [4.78, 5) is 0. The average Bonchev–Trinajstić information content (AvgIpc) is 3.81. The van der Waals surface area contributed by atoms with E-state index in [1.807, 2.05) is 0 Å². The Labute approximate surface area is 366 Å². The molecule has 0 fully saturated rings. The maximum atomic E-state index is 2.54. The Morgan fingerprint density at radius 1 is 0.206 bits per heavy atom. The van der Waals surface area contributed by atoms with E-state index >= 15 is 0 Å². The summed E-state index contributed by atoms with van der Waals surface area (Å²) in [6.45, 7) is 0. The quantitative estimate of drug-likeness (QED) is 0.156. The van der Waals surface area contributed by atoms with Crippen LogP contribution in [0.3, 0.4) is 0 Å². The van der Waals surface area contributed by atoms with E-state index in [-0.39, 0.29) is 0 Å². The summed E-state index contributed by atoms with van der Waals surface area (Å²) in [6.07, 6.45) is 0. The molecule has 14 rings (SSSR count). The lowest BCUT2D eigenvalue weighted by Gasteiger charge is -2.30. The second-order valence-corrected chi connectivity index (χ2v) is 17.5. The summed E-state index contributed by atoms with van der Waals surface area (Å²) < 4.78 is 0. The van der Waals surface area contributed by atoms with E-state index in [1.54, 1.807) is 0 Å². The topological polar surface area (TPSA) is 0 Å². The van der Waals surface area contributed by atoms with Gasteiger partial charge in [0.1, 0.15) is 0 Å². The Hall–Kier alpha value is -8.06. The van der Waals surface area contributed by atoms with Crippen molar-refractivity contribution in [3.8, 4) is 55.6 Å². The van der Waals surface area contributed by atoms with E-state index in [0.717, 1.165) is 0 Å². The van der Waals surface area contributed by atoms with E-state index in [1.165, 1.54) is 132 Å². The van der Waals surface area contributed by atoms with Crippen molar-refractivity contribution in [2.75, 3.05) is 0 Å². The van der Waals surface area contributed by atoms with Crippen molar-refractivity contribution in [2.45, 2.75) is 5.41 Å².